The summed E-state index contributed by atoms with van der Waals surface area (Å²) in [5.41, 5.74) is 0. The number of carbonyl (C=O) groups is 1. The van der Waals surface area contributed by atoms with E-state index >= 15 is 0 Å². The second-order valence-corrected chi connectivity index (χ2v) is 2.78. The van der Waals surface area contributed by atoms with E-state index in [0.717, 1.165) is 0 Å². The topological polar surface area (TPSA) is 61.8 Å². The van der Waals surface area contributed by atoms with Crippen molar-refractivity contribution in [3.05, 3.63) is 0 Å². The van der Waals surface area contributed by atoms with Crippen molar-refractivity contribution < 1.29 is 14.6 Å². The van der Waals surface area contributed by atoms with Crippen LogP contribution in [-0.2, 0) is 4.74 Å². The van der Waals surface area contributed by atoms with Crippen molar-refractivity contribution in [3.8, 4) is 0 Å². The van der Waals surface area contributed by atoms with Gasteiger partial charge in [0, 0.05) is 13.1 Å². The molecule has 5 nitrogen and oxygen atoms in total. The van der Waals surface area contributed by atoms with Crippen LogP contribution in [0.1, 0.15) is 0 Å². The molecule has 0 bridgehead atoms. The van der Waals surface area contributed by atoms with Gasteiger partial charge in [-0.05, 0) is 7.05 Å². The molecular weight excluding hydrogens is 160 g/mol. The van der Waals surface area contributed by atoms with E-state index in [-0.39, 0.29) is 6.10 Å². The fourth-order valence-corrected chi connectivity index (χ4v) is 1.24. The molecule has 1 amide bonds. The SMILES string of the molecule is CNCC1CN(C(=O)O)CCO1. The monoisotopic (exact) mass is 174 g/mol. The van der Waals surface area contributed by atoms with Crippen molar-refractivity contribution in [1.29, 1.82) is 0 Å². The maximum Gasteiger partial charge on any atom is 0.407 e. The summed E-state index contributed by atoms with van der Waals surface area (Å²) < 4.78 is 5.33. The van der Waals surface area contributed by atoms with Crippen LogP contribution >= 0.6 is 0 Å². The molecule has 1 aliphatic rings. The molecule has 0 radical (unpaired) electrons. The molecule has 5 heteroatoms. The Kier molecular flexibility index (Phi) is 3.31. The minimum atomic E-state index is -0.862. The van der Waals surface area contributed by atoms with E-state index in [2.05, 4.69) is 5.32 Å². The largest absolute Gasteiger partial charge is 0.465 e. The van der Waals surface area contributed by atoms with Crippen LogP contribution in [0, 0.1) is 0 Å². The normalized spacial score (nSPS) is 24.1. The van der Waals surface area contributed by atoms with Crippen LogP contribution in [0.5, 0.6) is 0 Å². The molecule has 12 heavy (non-hydrogen) atoms. The fraction of sp³-hybridized carbons (Fsp3) is 0.857. The first-order chi connectivity index (χ1) is 5.74. The molecule has 1 aliphatic heterocycles. The summed E-state index contributed by atoms with van der Waals surface area (Å²) in [7, 11) is 1.82. The summed E-state index contributed by atoms with van der Waals surface area (Å²) in [6, 6.07) is 0. The smallest absolute Gasteiger partial charge is 0.407 e. The first-order valence-electron chi connectivity index (χ1n) is 3.98. The lowest BCUT2D eigenvalue weighted by Crippen LogP contribution is -2.48. The molecule has 1 rings (SSSR count). The number of rotatable bonds is 2. The third kappa shape index (κ3) is 2.35. The van der Waals surface area contributed by atoms with Crippen LogP contribution in [0.3, 0.4) is 0 Å². The average molecular weight is 174 g/mol. The van der Waals surface area contributed by atoms with Gasteiger partial charge in [-0.1, -0.05) is 0 Å². The van der Waals surface area contributed by atoms with Crippen LogP contribution in [0.4, 0.5) is 4.79 Å². The van der Waals surface area contributed by atoms with Gasteiger partial charge >= 0.3 is 6.09 Å². The van der Waals surface area contributed by atoms with Crippen molar-refractivity contribution in [1.82, 2.24) is 10.2 Å². The van der Waals surface area contributed by atoms with Crippen molar-refractivity contribution in [2.24, 2.45) is 0 Å². The Balaban J connectivity index is 2.35. The second-order valence-electron chi connectivity index (χ2n) is 2.78. The van der Waals surface area contributed by atoms with Crippen LogP contribution in [-0.4, -0.2) is 55.5 Å². The minimum Gasteiger partial charge on any atom is -0.465 e. The molecule has 0 aromatic rings. The third-order valence-electron chi connectivity index (χ3n) is 1.84. The van der Waals surface area contributed by atoms with E-state index in [0.29, 0.717) is 26.2 Å². The zero-order valence-corrected chi connectivity index (χ0v) is 7.12. The minimum absolute atomic E-state index is 0.000139. The highest BCUT2D eigenvalue weighted by atomic mass is 16.5. The maximum atomic E-state index is 10.6. The molecule has 1 fully saturated rings. The van der Waals surface area contributed by atoms with Gasteiger partial charge in [-0.15, -0.1) is 0 Å². The lowest BCUT2D eigenvalue weighted by molar-refractivity contribution is -0.0197. The third-order valence-corrected chi connectivity index (χ3v) is 1.84. The Bertz CT molecular complexity index is 161. The Morgan fingerprint density at radius 1 is 1.83 bits per heavy atom. The molecule has 1 atom stereocenters. The van der Waals surface area contributed by atoms with E-state index in [4.69, 9.17) is 9.84 Å². The van der Waals surface area contributed by atoms with Crippen LogP contribution in [0.25, 0.3) is 0 Å². The van der Waals surface area contributed by atoms with Crippen LogP contribution < -0.4 is 5.32 Å². The van der Waals surface area contributed by atoms with E-state index in [1.807, 2.05) is 7.05 Å². The molecule has 2 N–H and O–H groups in total. The predicted molar refractivity (Wildman–Crippen MR) is 43.3 cm³/mol. The Hall–Kier alpha value is -0.810. The van der Waals surface area contributed by atoms with Crippen LogP contribution in [0.2, 0.25) is 0 Å². The summed E-state index contributed by atoms with van der Waals surface area (Å²) in [6.45, 7) is 2.15. The molecule has 1 unspecified atom stereocenters. The van der Waals surface area contributed by atoms with Crippen molar-refractivity contribution >= 4 is 6.09 Å². The van der Waals surface area contributed by atoms with Gasteiger partial charge in [-0.3, -0.25) is 0 Å². The highest BCUT2D eigenvalue weighted by Crippen LogP contribution is 2.03. The Morgan fingerprint density at radius 3 is 3.17 bits per heavy atom. The molecule has 0 spiro atoms. The number of carboxylic acid groups (broad SMARTS) is 1. The Labute approximate surface area is 71.3 Å². The molecule has 0 saturated carbocycles. The number of hydrogen-bond donors (Lipinski definition) is 2. The number of nitrogens with one attached hydrogen (secondary N) is 1. The zero-order chi connectivity index (χ0) is 8.97. The van der Waals surface area contributed by atoms with Crippen molar-refractivity contribution in [2.75, 3.05) is 33.3 Å². The van der Waals surface area contributed by atoms with E-state index in [1.54, 1.807) is 0 Å². The van der Waals surface area contributed by atoms with Gasteiger partial charge in [-0.25, -0.2) is 4.79 Å². The molecular formula is C7H14N2O3. The van der Waals surface area contributed by atoms with E-state index < -0.39 is 6.09 Å². The summed E-state index contributed by atoms with van der Waals surface area (Å²) >= 11 is 0. The maximum absolute atomic E-state index is 10.6. The number of likely N-dealkylation sites (N-methyl/N-ethyl adjacent to an activating group) is 1. The quantitative estimate of drug-likeness (QED) is 0.597. The number of ether oxygens (including phenoxy) is 1. The molecule has 1 heterocycles. The predicted octanol–water partition coefficient (Wildman–Crippen LogP) is -0.415. The fourth-order valence-electron chi connectivity index (χ4n) is 1.24. The van der Waals surface area contributed by atoms with E-state index in [9.17, 15) is 4.79 Å². The van der Waals surface area contributed by atoms with Crippen molar-refractivity contribution in [3.63, 3.8) is 0 Å². The van der Waals surface area contributed by atoms with Crippen molar-refractivity contribution in [2.45, 2.75) is 6.10 Å². The van der Waals surface area contributed by atoms with E-state index in [1.165, 1.54) is 4.90 Å². The van der Waals surface area contributed by atoms with Gasteiger partial charge in [0.05, 0.1) is 19.3 Å². The number of hydrogen-bond acceptors (Lipinski definition) is 3. The van der Waals surface area contributed by atoms with Gasteiger partial charge in [0.2, 0.25) is 0 Å². The van der Waals surface area contributed by atoms with Gasteiger partial charge < -0.3 is 20.1 Å². The standard InChI is InChI=1S/C7H14N2O3/c1-8-4-6-5-9(7(10)11)2-3-12-6/h6,8H,2-5H2,1H3,(H,10,11). The summed E-state index contributed by atoms with van der Waals surface area (Å²) in [6.07, 6.45) is -0.862. The molecule has 0 aromatic carbocycles. The number of morpholine rings is 1. The number of nitrogens with zero attached hydrogens (tertiary/aromatic N) is 1. The van der Waals surface area contributed by atoms with Crippen LogP contribution in [0.15, 0.2) is 0 Å². The second kappa shape index (κ2) is 4.27. The Morgan fingerprint density at radius 2 is 2.58 bits per heavy atom. The molecule has 70 valence electrons. The molecule has 0 aromatic heterocycles. The van der Waals surface area contributed by atoms with Gasteiger partial charge in [0.15, 0.2) is 0 Å². The first-order valence-corrected chi connectivity index (χ1v) is 3.98. The van der Waals surface area contributed by atoms with Gasteiger partial charge in [0.1, 0.15) is 0 Å². The van der Waals surface area contributed by atoms with Gasteiger partial charge in [0.25, 0.3) is 0 Å². The highest BCUT2D eigenvalue weighted by Gasteiger charge is 2.22. The van der Waals surface area contributed by atoms with Gasteiger partial charge in [-0.2, -0.15) is 0 Å². The molecule has 1 saturated heterocycles. The average Bonchev–Trinajstić information content (AvgIpc) is 2.05. The lowest BCUT2D eigenvalue weighted by Gasteiger charge is -2.30. The summed E-state index contributed by atoms with van der Waals surface area (Å²) in [4.78, 5) is 11.9. The lowest BCUT2D eigenvalue weighted by atomic mass is 10.3. The summed E-state index contributed by atoms with van der Waals surface area (Å²) in [5.74, 6) is 0. The first kappa shape index (κ1) is 9.28. The molecule has 0 aliphatic carbocycles. The zero-order valence-electron chi connectivity index (χ0n) is 7.12. The number of amides is 1. The highest BCUT2D eigenvalue weighted by molar-refractivity contribution is 5.65. The summed E-state index contributed by atoms with van der Waals surface area (Å²) in [5, 5.41) is 11.6.